The molecule has 0 radical (unpaired) electrons. The van der Waals surface area contributed by atoms with E-state index >= 15 is 0 Å². The lowest BCUT2D eigenvalue weighted by atomic mass is 10.2. The third-order valence-electron chi connectivity index (χ3n) is 2.63. The summed E-state index contributed by atoms with van der Waals surface area (Å²) in [7, 11) is 0. The van der Waals surface area contributed by atoms with Crippen LogP contribution in [-0.4, -0.2) is 18.6 Å². The molecule has 0 unspecified atom stereocenters. The second kappa shape index (κ2) is 7.74. The third kappa shape index (κ3) is 4.87. The van der Waals surface area contributed by atoms with Crippen molar-refractivity contribution in [2.45, 2.75) is 6.61 Å². The second-order valence-electron chi connectivity index (χ2n) is 4.09. The number of thioether (sulfide) groups is 1. The summed E-state index contributed by atoms with van der Waals surface area (Å²) in [6.45, 7) is 1.33. The highest BCUT2D eigenvalue weighted by atomic mass is 32.2. The Hall–Kier alpha value is -1.61. The molecule has 2 nitrogen and oxygen atoms in total. The number of rotatable bonds is 7. The van der Waals surface area contributed by atoms with Gasteiger partial charge in [-0.05, 0) is 36.1 Å². The van der Waals surface area contributed by atoms with Crippen LogP contribution in [0.25, 0.3) is 0 Å². The van der Waals surface area contributed by atoms with Crippen LogP contribution in [0.4, 0.5) is 0 Å². The van der Waals surface area contributed by atoms with E-state index in [1.165, 1.54) is 5.56 Å². The number of benzene rings is 2. The van der Waals surface area contributed by atoms with Gasteiger partial charge in [0.05, 0.1) is 6.61 Å². The minimum Gasteiger partial charge on any atom is -0.493 e. The first-order chi connectivity index (χ1) is 9.38. The molecule has 0 bridgehead atoms. The van der Waals surface area contributed by atoms with Gasteiger partial charge in [0.2, 0.25) is 0 Å². The largest absolute Gasteiger partial charge is 0.493 e. The quantitative estimate of drug-likeness (QED) is 0.711. The van der Waals surface area contributed by atoms with Crippen molar-refractivity contribution in [3.63, 3.8) is 0 Å². The van der Waals surface area contributed by atoms with Gasteiger partial charge in [0.1, 0.15) is 18.1 Å². The van der Waals surface area contributed by atoms with Gasteiger partial charge in [0, 0.05) is 5.75 Å². The van der Waals surface area contributed by atoms with Crippen LogP contribution >= 0.6 is 11.8 Å². The van der Waals surface area contributed by atoms with E-state index in [1.807, 2.05) is 42.5 Å². The van der Waals surface area contributed by atoms with Gasteiger partial charge in [-0.15, -0.1) is 0 Å². The van der Waals surface area contributed by atoms with Gasteiger partial charge in [0.15, 0.2) is 0 Å². The van der Waals surface area contributed by atoms with E-state index in [2.05, 4.69) is 18.4 Å². The predicted octanol–water partition coefficient (Wildman–Crippen LogP) is 4.01. The predicted molar refractivity (Wildman–Crippen MR) is 81.1 cm³/mol. The summed E-state index contributed by atoms with van der Waals surface area (Å²) in [5, 5.41) is 0. The fourth-order valence-corrected chi connectivity index (χ4v) is 1.87. The van der Waals surface area contributed by atoms with Crippen molar-refractivity contribution < 1.29 is 9.47 Å². The maximum atomic E-state index is 5.71. The van der Waals surface area contributed by atoms with Gasteiger partial charge in [-0.25, -0.2) is 0 Å². The minimum absolute atomic E-state index is 0.591. The summed E-state index contributed by atoms with van der Waals surface area (Å²) in [6, 6.07) is 17.9. The zero-order chi connectivity index (χ0) is 13.3. The molecule has 100 valence electrons. The van der Waals surface area contributed by atoms with Gasteiger partial charge in [-0.1, -0.05) is 30.3 Å². The molecule has 0 spiro atoms. The summed E-state index contributed by atoms with van der Waals surface area (Å²) in [6.07, 6.45) is 2.07. The molecule has 0 saturated heterocycles. The molecule has 0 aliphatic heterocycles. The SMILES string of the molecule is CSCCOc1ccc(OCc2ccccc2)cc1. The molecule has 2 aromatic rings. The maximum Gasteiger partial charge on any atom is 0.120 e. The average molecular weight is 274 g/mol. The zero-order valence-electron chi connectivity index (χ0n) is 11.0. The van der Waals surface area contributed by atoms with Crippen LogP contribution in [-0.2, 0) is 6.61 Å². The van der Waals surface area contributed by atoms with Crippen molar-refractivity contribution in [1.82, 2.24) is 0 Å². The van der Waals surface area contributed by atoms with E-state index in [-0.39, 0.29) is 0 Å². The van der Waals surface area contributed by atoms with Gasteiger partial charge < -0.3 is 9.47 Å². The normalized spacial score (nSPS) is 10.2. The first kappa shape index (κ1) is 13.8. The van der Waals surface area contributed by atoms with E-state index in [1.54, 1.807) is 11.8 Å². The lowest BCUT2D eigenvalue weighted by Crippen LogP contribution is -1.99. The fraction of sp³-hybridized carbons (Fsp3) is 0.250. The molecule has 0 aliphatic carbocycles. The molecular weight excluding hydrogens is 256 g/mol. The van der Waals surface area contributed by atoms with Crippen molar-refractivity contribution in [1.29, 1.82) is 0 Å². The van der Waals surface area contributed by atoms with Crippen LogP contribution in [0.2, 0.25) is 0 Å². The van der Waals surface area contributed by atoms with Gasteiger partial charge in [-0.3, -0.25) is 0 Å². The van der Waals surface area contributed by atoms with E-state index in [9.17, 15) is 0 Å². The standard InChI is InChI=1S/C16H18O2S/c1-19-12-11-17-15-7-9-16(10-8-15)18-13-14-5-3-2-4-6-14/h2-10H,11-13H2,1H3. The molecule has 0 aromatic heterocycles. The third-order valence-corrected chi connectivity index (χ3v) is 3.20. The van der Waals surface area contributed by atoms with E-state index in [4.69, 9.17) is 9.47 Å². The highest BCUT2D eigenvalue weighted by Crippen LogP contribution is 2.18. The van der Waals surface area contributed by atoms with E-state index in [0.29, 0.717) is 6.61 Å². The minimum atomic E-state index is 0.591. The molecule has 2 aromatic carbocycles. The second-order valence-corrected chi connectivity index (χ2v) is 5.07. The van der Waals surface area contributed by atoms with Crippen molar-refractivity contribution >= 4 is 11.8 Å². The van der Waals surface area contributed by atoms with Crippen LogP contribution in [0, 0.1) is 0 Å². The maximum absolute atomic E-state index is 5.71. The Morgan fingerprint density at radius 3 is 2.11 bits per heavy atom. The number of ether oxygens (including phenoxy) is 2. The Kier molecular flexibility index (Phi) is 5.63. The average Bonchev–Trinajstić information content (AvgIpc) is 2.48. The van der Waals surface area contributed by atoms with Gasteiger partial charge >= 0.3 is 0 Å². The van der Waals surface area contributed by atoms with Crippen LogP contribution in [0.5, 0.6) is 11.5 Å². The Bertz CT molecular complexity index is 468. The zero-order valence-corrected chi connectivity index (χ0v) is 11.9. The van der Waals surface area contributed by atoms with Crippen molar-refractivity contribution in [2.24, 2.45) is 0 Å². The molecule has 0 amide bonds. The summed E-state index contributed by atoms with van der Waals surface area (Å²) < 4.78 is 11.3. The molecule has 19 heavy (non-hydrogen) atoms. The van der Waals surface area contributed by atoms with Crippen LogP contribution in [0.1, 0.15) is 5.56 Å². The van der Waals surface area contributed by atoms with E-state index < -0.39 is 0 Å². The fourth-order valence-electron chi connectivity index (χ4n) is 1.62. The molecule has 2 rings (SSSR count). The first-order valence-corrected chi connectivity index (χ1v) is 7.66. The Morgan fingerprint density at radius 2 is 1.47 bits per heavy atom. The number of hydrogen-bond donors (Lipinski definition) is 0. The van der Waals surface area contributed by atoms with Gasteiger partial charge in [0.25, 0.3) is 0 Å². The molecule has 0 fully saturated rings. The molecule has 3 heteroatoms. The van der Waals surface area contributed by atoms with Crippen LogP contribution < -0.4 is 9.47 Å². The van der Waals surface area contributed by atoms with Crippen molar-refractivity contribution in [2.75, 3.05) is 18.6 Å². The monoisotopic (exact) mass is 274 g/mol. The first-order valence-electron chi connectivity index (χ1n) is 6.27. The van der Waals surface area contributed by atoms with Crippen LogP contribution in [0.15, 0.2) is 54.6 Å². The molecule has 0 aliphatic rings. The van der Waals surface area contributed by atoms with E-state index in [0.717, 1.165) is 23.9 Å². The summed E-state index contributed by atoms with van der Waals surface area (Å²) in [4.78, 5) is 0. The van der Waals surface area contributed by atoms with Gasteiger partial charge in [-0.2, -0.15) is 11.8 Å². The highest BCUT2D eigenvalue weighted by molar-refractivity contribution is 7.98. The smallest absolute Gasteiger partial charge is 0.120 e. The number of hydrogen-bond acceptors (Lipinski definition) is 3. The molecule has 0 heterocycles. The summed E-state index contributed by atoms with van der Waals surface area (Å²) in [5.74, 6) is 2.76. The van der Waals surface area contributed by atoms with Crippen LogP contribution in [0.3, 0.4) is 0 Å². The Morgan fingerprint density at radius 1 is 0.842 bits per heavy atom. The molecule has 0 saturated carbocycles. The Labute approximate surface area is 118 Å². The van der Waals surface area contributed by atoms with Crippen molar-refractivity contribution in [3.8, 4) is 11.5 Å². The molecule has 0 atom stereocenters. The topological polar surface area (TPSA) is 18.5 Å². The lowest BCUT2D eigenvalue weighted by Gasteiger charge is -2.08. The highest BCUT2D eigenvalue weighted by Gasteiger charge is 1.97. The Balaban J connectivity index is 1.81. The van der Waals surface area contributed by atoms with Crippen molar-refractivity contribution in [3.05, 3.63) is 60.2 Å². The molecular formula is C16H18O2S. The lowest BCUT2D eigenvalue weighted by molar-refractivity contribution is 0.304. The summed E-state index contributed by atoms with van der Waals surface area (Å²) >= 11 is 1.78. The summed E-state index contributed by atoms with van der Waals surface area (Å²) in [5.41, 5.74) is 1.17. The molecule has 0 N–H and O–H groups in total.